The summed E-state index contributed by atoms with van der Waals surface area (Å²) in [5.74, 6) is 5.25. The SMILES string of the molecule is C1=CCCC(N2C3CCC(C4CCC5C(C4)C4CCC(C6C=CCCC6)=CC4N5C4CCCCC4)=CC3C3CCCCC32)=C1. The monoisotopic (exact) mass is 592 g/mol. The lowest BCUT2D eigenvalue weighted by molar-refractivity contribution is 0.0797. The van der Waals surface area contributed by atoms with Crippen molar-refractivity contribution in [3.63, 3.8) is 0 Å². The van der Waals surface area contributed by atoms with Gasteiger partial charge in [-0.1, -0.05) is 79.7 Å². The van der Waals surface area contributed by atoms with Crippen LogP contribution in [0.5, 0.6) is 0 Å². The van der Waals surface area contributed by atoms with Crippen LogP contribution in [0.15, 0.2) is 59.4 Å². The summed E-state index contributed by atoms with van der Waals surface area (Å²) in [6.45, 7) is 0. The van der Waals surface area contributed by atoms with E-state index in [1.807, 2.05) is 11.1 Å². The third kappa shape index (κ3) is 4.98. The lowest BCUT2D eigenvalue weighted by Gasteiger charge is -2.43. The first-order valence-corrected chi connectivity index (χ1v) is 19.8. The first kappa shape index (κ1) is 28.7. The Bertz CT molecular complexity index is 1210. The minimum Gasteiger partial charge on any atom is -0.368 e. The summed E-state index contributed by atoms with van der Waals surface area (Å²) in [7, 11) is 0. The fourth-order valence-electron chi connectivity index (χ4n) is 13.0. The Hall–Kier alpha value is -1.54. The molecule has 7 aliphatic carbocycles. The molecule has 2 nitrogen and oxygen atoms in total. The highest BCUT2D eigenvalue weighted by molar-refractivity contribution is 5.29. The Kier molecular flexibility index (Phi) is 7.97. The van der Waals surface area contributed by atoms with Crippen LogP contribution in [0.4, 0.5) is 0 Å². The van der Waals surface area contributed by atoms with Crippen molar-refractivity contribution in [2.75, 3.05) is 0 Å². The molecule has 44 heavy (non-hydrogen) atoms. The van der Waals surface area contributed by atoms with Crippen molar-refractivity contribution in [3.05, 3.63) is 59.4 Å². The number of hydrogen-bond donors (Lipinski definition) is 0. The molecule has 0 aromatic carbocycles. The van der Waals surface area contributed by atoms with Crippen LogP contribution in [0.1, 0.15) is 135 Å². The predicted molar refractivity (Wildman–Crippen MR) is 183 cm³/mol. The molecule has 238 valence electrons. The van der Waals surface area contributed by atoms with Gasteiger partial charge in [0.25, 0.3) is 0 Å². The quantitative estimate of drug-likeness (QED) is 0.300. The van der Waals surface area contributed by atoms with Gasteiger partial charge in [0.05, 0.1) is 0 Å². The van der Waals surface area contributed by atoms with Crippen LogP contribution in [0, 0.1) is 35.5 Å². The van der Waals surface area contributed by atoms with Crippen molar-refractivity contribution >= 4 is 0 Å². The van der Waals surface area contributed by atoms with Crippen molar-refractivity contribution in [1.82, 2.24) is 9.80 Å². The van der Waals surface area contributed by atoms with Gasteiger partial charge in [-0.25, -0.2) is 0 Å². The van der Waals surface area contributed by atoms with E-state index < -0.39 is 0 Å². The van der Waals surface area contributed by atoms with Crippen LogP contribution in [0.3, 0.4) is 0 Å². The molecule has 0 N–H and O–H groups in total. The smallest absolute Gasteiger partial charge is 0.0359 e. The highest BCUT2D eigenvalue weighted by atomic mass is 15.3. The van der Waals surface area contributed by atoms with E-state index in [9.17, 15) is 0 Å². The molecular weight excluding hydrogens is 532 g/mol. The number of allylic oxidation sites excluding steroid dienone is 8. The Morgan fingerprint density at radius 3 is 2.34 bits per heavy atom. The van der Waals surface area contributed by atoms with Gasteiger partial charge in [-0.05, 0) is 138 Å². The van der Waals surface area contributed by atoms with Crippen LogP contribution in [-0.4, -0.2) is 40.0 Å². The average Bonchev–Trinajstić information content (AvgIpc) is 3.61. The summed E-state index contributed by atoms with van der Waals surface area (Å²) in [6.07, 6.45) is 48.2. The van der Waals surface area contributed by atoms with E-state index in [1.54, 1.807) is 5.70 Å². The molecule has 0 spiro atoms. The van der Waals surface area contributed by atoms with E-state index >= 15 is 0 Å². The molecule has 2 heteroatoms. The van der Waals surface area contributed by atoms with Crippen molar-refractivity contribution < 1.29 is 0 Å². The lowest BCUT2D eigenvalue weighted by atomic mass is 9.66. The maximum Gasteiger partial charge on any atom is 0.0359 e. The summed E-state index contributed by atoms with van der Waals surface area (Å²) in [6, 6.07) is 4.10. The van der Waals surface area contributed by atoms with Gasteiger partial charge in [-0.3, -0.25) is 4.90 Å². The molecule has 0 aromatic rings. The van der Waals surface area contributed by atoms with Crippen molar-refractivity contribution in [1.29, 1.82) is 0 Å². The molecular formula is C42H60N2. The maximum absolute atomic E-state index is 3.20. The van der Waals surface area contributed by atoms with Gasteiger partial charge in [0, 0.05) is 41.8 Å². The number of likely N-dealkylation sites (tertiary alicyclic amines) is 2. The second-order valence-electron chi connectivity index (χ2n) is 16.9. The Morgan fingerprint density at radius 1 is 0.591 bits per heavy atom. The second kappa shape index (κ2) is 12.2. The molecule has 0 radical (unpaired) electrons. The number of nitrogens with zero attached hydrogens (tertiary/aromatic N) is 2. The fraction of sp³-hybridized carbons (Fsp3) is 0.762. The van der Waals surface area contributed by atoms with Crippen LogP contribution in [-0.2, 0) is 0 Å². The van der Waals surface area contributed by atoms with E-state index in [0.29, 0.717) is 0 Å². The Labute approximate surface area is 269 Å². The van der Waals surface area contributed by atoms with Gasteiger partial charge < -0.3 is 4.90 Å². The van der Waals surface area contributed by atoms with E-state index in [0.717, 1.165) is 65.7 Å². The topological polar surface area (TPSA) is 6.48 Å². The molecule has 10 unspecified atom stereocenters. The molecule has 9 rings (SSSR count). The van der Waals surface area contributed by atoms with Crippen molar-refractivity contribution in [2.45, 2.75) is 165 Å². The van der Waals surface area contributed by atoms with E-state index in [2.05, 4.69) is 52.3 Å². The molecule has 2 heterocycles. The summed E-state index contributed by atoms with van der Waals surface area (Å²) in [5.41, 5.74) is 5.44. The zero-order valence-electron chi connectivity index (χ0n) is 27.6. The maximum atomic E-state index is 3.20. The van der Waals surface area contributed by atoms with Gasteiger partial charge in [-0.2, -0.15) is 0 Å². The minimum absolute atomic E-state index is 0.750. The van der Waals surface area contributed by atoms with E-state index in [4.69, 9.17) is 0 Å². The average molecular weight is 593 g/mol. The summed E-state index contributed by atoms with van der Waals surface area (Å²) in [5, 5.41) is 0. The predicted octanol–water partition coefficient (Wildman–Crippen LogP) is 10.3. The zero-order valence-corrected chi connectivity index (χ0v) is 27.6. The normalized spacial score (nSPS) is 44.3. The van der Waals surface area contributed by atoms with Gasteiger partial charge in [-0.15, -0.1) is 0 Å². The fourth-order valence-corrected chi connectivity index (χ4v) is 13.0. The third-order valence-electron chi connectivity index (χ3n) is 14.9. The van der Waals surface area contributed by atoms with Crippen molar-refractivity contribution in [3.8, 4) is 0 Å². The van der Waals surface area contributed by atoms with E-state index in [-0.39, 0.29) is 0 Å². The molecule has 9 aliphatic rings. The third-order valence-corrected chi connectivity index (χ3v) is 14.9. The highest BCUT2D eigenvalue weighted by Crippen LogP contribution is 2.56. The van der Waals surface area contributed by atoms with Crippen LogP contribution in [0.25, 0.3) is 0 Å². The van der Waals surface area contributed by atoms with Crippen LogP contribution >= 0.6 is 0 Å². The standard InChI is InChI=1S/C42H60N2/c1-4-12-29(13-5-1)32-20-23-36-38-27-31(22-25-41(38)44(42(36)28-32)34-16-8-3-9-17-34)30-21-24-40-37(26-30)35-18-10-11-19-39(35)43(40)33-14-6-2-7-15-33/h2,4,6,12,14,26,28-29,31,34-42H,1,3,5,7-11,13,15-25,27H2. The van der Waals surface area contributed by atoms with E-state index in [1.165, 1.54) is 135 Å². The Balaban J connectivity index is 0.975. The summed E-state index contributed by atoms with van der Waals surface area (Å²) >= 11 is 0. The van der Waals surface area contributed by atoms with Crippen LogP contribution < -0.4 is 0 Å². The molecule has 0 amide bonds. The molecule has 10 atom stereocenters. The zero-order chi connectivity index (χ0) is 29.0. The Morgan fingerprint density at radius 2 is 1.48 bits per heavy atom. The number of rotatable bonds is 4. The van der Waals surface area contributed by atoms with Crippen LogP contribution in [0.2, 0.25) is 0 Å². The second-order valence-corrected chi connectivity index (χ2v) is 16.9. The molecule has 0 aromatic heterocycles. The summed E-state index contributed by atoms with van der Waals surface area (Å²) in [4.78, 5) is 6.22. The number of hydrogen-bond acceptors (Lipinski definition) is 2. The van der Waals surface area contributed by atoms with Crippen molar-refractivity contribution in [2.24, 2.45) is 35.5 Å². The first-order valence-electron chi connectivity index (χ1n) is 19.8. The largest absolute Gasteiger partial charge is 0.368 e. The van der Waals surface area contributed by atoms with Gasteiger partial charge in [0.15, 0.2) is 0 Å². The molecule has 5 fully saturated rings. The molecule has 2 aliphatic heterocycles. The number of fused-ring (bicyclic) bond motifs is 6. The molecule has 2 saturated heterocycles. The van der Waals surface area contributed by atoms with Gasteiger partial charge in [0.2, 0.25) is 0 Å². The molecule has 3 saturated carbocycles. The van der Waals surface area contributed by atoms with Gasteiger partial charge in [0.1, 0.15) is 0 Å². The first-order chi connectivity index (χ1) is 21.8. The molecule has 0 bridgehead atoms. The summed E-state index contributed by atoms with van der Waals surface area (Å²) < 4.78 is 0. The minimum atomic E-state index is 0.750. The lowest BCUT2D eigenvalue weighted by Crippen LogP contribution is -2.47. The highest BCUT2D eigenvalue weighted by Gasteiger charge is 2.54. The van der Waals surface area contributed by atoms with Gasteiger partial charge >= 0.3 is 0 Å².